The van der Waals surface area contributed by atoms with Crippen LogP contribution in [0.2, 0.25) is 0 Å². The van der Waals surface area contributed by atoms with E-state index in [4.69, 9.17) is 0 Å². The Hall–Kier alpha value is -1.88. The van der Waals surface area contributed by atoms with E-state index in [-0.39, 0.29) is 11.8 Å². The van der Waals surface area contributed by atoms with Gasteiger partial charge in [-0.15, -0.1) is 0 Å². The molecule has 5 heteroatoms. The van der Waals surface area contributed by atoms with E-state index in [2.05, 4.69) is 31.1 Å². The highest BCUT2D eigenvalue weighted by Gasteiger charge is 2.28. The number of likely N-dealkylation sites (N-methyl/N-ethyl adjacent to an activating group) is 1. The van der Waals surface area contributed by atoms with Crippen molar-refractivity contribution in [3.8, 4) is 0 Å². The lowest BCUT2D eigenvalue weighted by molar-refractivity contribution is -0.138. The molecule has 0 saturated carbocycles. The van der Waals surface area contributed by atoms with Gasteiger partial charge in [0, 0.05) is 26.2 Å². The fourth-order valence-corrected chi connectivity index (χ4v) is 2.97. The summed E-state index contributed by atoms with van der Waals surface area (Å²) >= 11 is 0. The van der Waals surface area contributed by atoms with E-state index in [0.717, 1.165) is 31.7 Å². The second-order valence-electron chi connectivity index (χ2n) is 7.04. The molecule has 1 aromatic rings. The maximum Gasteiger partial charge on any atom is 0.245 e. The second-order valence-corrected chi connectivity index (χ2v) is 7.04. The SMILES string of the molecule is CC(C)C[C@H](NC(=O)Cc1ccccc1)C(=O)N1CCN(C)CC1. The highest BCUT2D eigenvalue weighted by molar-refractivity contribution is 5.88. The van der Waals surface area contributed by atoms with Gasteiger partial charge in [0.15, 0.2) is 0 Å². The third-order valence-electron chi connectivity index (χ3n) is 4.36. The highest BCUT2D eigenvalue weighted by atomic mass is 16.2. The zero-order chi connectivity index (χ0) is 17.5. The topological polar surface area (TPSA) is 52.7 Å². The number of rotatable bonds is 6. The number of nitrogens with one attached hydrogen (secondary N) is 1. The number of amides is 2. The van der Waals surface area contributed by atoms with Gasteiger partial charge in [-0.3, -0.25) is 9.59 Å². The Balaban J connectivity index is 1.96. The quantitative estimate of drug-likeness (QED) is 0.860. The molecule has 0 bridgehead atoms. The van der Waals surface area contributed by atoms with Crippen LogP contribution in [0.1, 0.15) is 25.8 Å². The lowest BCUT2D eigenvalue weighted by Crippen LogP contribution is -2.54. The Morgan fingerprint density at radius 1 is 1.08 bits per heavy atom. The zero-order valence-electron chi connectivity index (χ0n) is 15.0. The number of piperazine rings is 1. The number of benzene rings is 1. The molecule has 2 amide bonds. The Labute approximate surface area is 145 Å². The van der Waals surface area contributed by atoms with Crippen molar-refractivity contribution in [1.82, 2.24) is 15.1 Å². The minimum atomic E-state index is -0.426. The van der Waals surface area contributed by atoms with Crippen LogP contribution in [0.3, 0.4) is 0 Å². The van der Waals surface area contributed by atoms with Crippen LogP contribution in [0, 0.1) is 5.92 Å². The lowest BCUT2D eigenvalue weighted by Gasteiger charge is -2.35. The predicted octanol–water partition coefficient (Wildman–Crippen LogP) is 1.53. The highest BCUT2D eigenvalue weighted by Crippen LogP contribution is 2.11. The Morgan fingerprint density at radius 3 is 2.29 bits per heavy atom. The minimum absolute atomic E-state index is 0.0539. The van der Waals surface area contributed by atoms with Crippen molar-refractivity contribution in [2.75, 3.05) is 33.2 Å². The van der Waals surface area contributed by atoms with Crippen molar-refractivity contribution < 1.29 is 9.59 Å². The molecule has 0 aliphatic carbocycles. The first kappa shape index (κ1) is 18.5. The van der Waals surface area contributed by atoms with Crippen LogP contribution in [0.15, 0.2) is 30.3 Å². The maximum atomic E-state index is 12.8. The number of carbonyl (C=O) groups is 2. The molecule has 1 atom stereocenters. The summed E-state index contributed by atoms with van der Waals surface area (Å²) in [7, 11) is 2.06. The van der Waals surface area contributed by atoms with Gasteiger partial charge < -0.3 is 15.1 Å². The monoisotopic (exact) mass is 331 g/mol. The van der Waals surface area contributed by atoms with E-state index in [0.29, 0.717) is 18.8 Å². The van der Waals surface area contributed by atoms with Crippen molar-refractivity contribution in [2.24, 2.45) is 5.92 Å². The van der Waals surface area contributed by atoms with E-state index in [1.54, 1.807) is 0 Å². The molecule has 0 spiro atoms. The van der Waals surface area contributed by atoms with Crippen LogP contribution in [0.25, 0.3) is 0 Å². The van der Waals surface area contributed by atoms with Gasteiger partial charge in [0.1, 0.15) is 6.04 Å². The van der Waals surface area contributed by atoms with Crippen LogP contribution in [0.5, 0.6) is 0 Å². The van der Waals surface area contributed by atoms with Gasteiger partial charge in [-0.2, -0.15) is 0 Å². The summed E-state index contributed by atoms with van der Waals surface area (Å²) in [5, 5.41) is 2.96. The average Bonchev–Trinajstić information content (AvgIpc) is 2.55. The van der Waals surface area contributed by atoms with Gasteiger partial charge in [0.2, 0.25) is 11.8 Å². The van der Waals surface area contributed by atoms with Gasteiger partial charge in [-0.1, -0.05) is 44.2 Å². The molecule has 1 aromatic carbocycles. The maximum absolute atomic E-state index is 12.8. The first-order chi connectivity index (χ1) is 11.5. The van der Waals surface area contributed by atoms with E-state index >= 15 is 0 Å². The molecule has 1 saturated heterocycles. The molecule has 2 rings (SSSR count). The molecule has 1 aliphatic rings. The van der Waals surface area contributed by atoms with Crippen LogP contribution < -0.4 is 5.32 Å². The molecule has 1 fully saturated rings. The molecule has 1 N–H and O–H groups in total. The molecule has 0 unspecified atom stereocenters. The zero-order valence-corrected chi connectivity index (χ0v) is 15.0. The molecular weight excluding hydrogens is 302 g/mol. The number of carbonyl (C=O) groups excluding carboxylic acids is 2. The van der Waals surface area contributed by atoms with E-state index < -0.39 is 6.04 Å². The molecule has 1 aliphatic heterocycles. The molecule has 0 aromatic heterocycles. The first-order valence-corrected chi connectivity index (χ1v) is 8.76. The van der Waals surface area contributed by atoms with Crippen molar-refractivity contribution in [3.05, 3.63) is 35.9 Å². The summed E-state index contributed by atoms with van der Waals surface area (Å²) in [5.41, 5.74) is 0.963. The van der Waals surface area contributed by atoms with E-state index in [1.165, 1.54) is 0 Å². The minimum Gasteiger partial charge on any atom is -0.344 e. The molecule has 24 heavy (non-hydrogen) atoms. The summed E-state index contributed by atoms with van der Waals surface area (Å²) in [6.07, 6.45) is 0.983. The number of nitrogens with zero attached hydrogens (tertiary/aromatic N) is 2. The lowest BCUT2D eigenvalue weighted by atomic mass is 10.0. The van der Waals surface area contributed by atoms with Gasteiger partial charge in [-0.25, -0.2) is 0 Å². The van der Waals surface area contributed by atoms with Crippen LogP contribution in [0.4, 0.5) is 0 Å². The number of hydrogen-bond donors (Lipinski definition) is 1. The van der Waals surface area contributed by atoms with Gasteiger partial charge in [0.05, 0.1) is 6.42 Å². The third kappa shape index (κ3) is 5.64. The largest absolute Gasteiger partial charge is 0.344 e. The standard InChI is InChI=1S/C19H29N3O2/c1-15(2)13-17(19(24)22-11-9-21(3)10-12-22)20-18(23)14-16-7-5-4-6-8-16/h4-8,15,17H,9-14H2,1-3H3,(H,20,23)/t17-/m0/s1. The summed E-state index contributed by atoms with van der Waals surface area (Å²) in [4.78, 5) is 29.3. The smallest absolute Gasteiger partial charge is 0.245 e. The van der Waals surface area contributed by atoms with E-state index in [9.17, 15) is 9.59 Å². The van der Waals surface area contributed by atoms with Crippen LogP contribution in [-0.4, -0.2) is 60.9 Å². The Kier molecular flexibility index (Phi) is 6.79. The van der Waals surface area contributed by atoms with Gasteiger partial charge in [-0.05, 0) is 24.9 Å². The molecule has 5 nitrogen and oxygen atoms in total. The Bertz CT molecular complexity index is 537. The van der Waals surface area contributed by atoms with Crippen molar-refractivity contribution in [3.63, 3.8) is 0 Å². The summed E-state index contributed by atoms with van der Waals surface area (Å²) in [5.74, 6) is 0.316. The summed E-state index contributed by atoms with van der Waals surface area (Å²) in [6.45, 7) is 7.40. The molecule has 132 valence electrons. The summed E-state index contributed by atoms with van der Waals surface area (Å²) < 4.78 is 0. The molecule has 0 radical (unpaired) electrons. The molecular formula is C19H29N3O2. The summed E-state index contributed by atoms with van der Waals surface area (Å²) in [6, 6.07) is 9.20. The fourth-order valence-electron chi connectivity index (χ4n) is 2.97. The van der Waals surface area contributed by atoms with Crippen molar-refractivity contribution in [1.29, 1.82) is 0 Å². The average molecular weight is 331 g/mol. The number of hydrogen-bond acceptors (Lipinski definition) is 3. The van der Waals surface area contributed by atoms with Gasteiger partial charge in [0.25, 0.3) is 0 Å². The van der Waals surface area contributed by atoms with E-state index in [1.807, 2.05) is 35.2 Å². The van der Waals surface area contributed by atoms with Crippen LogP contribution >= 0.6 is 0 Å². The normalized spacial score (nSPS) is 16.9. The van der Waals surface area contributed by atoms with Crippen LogP contribution in [-0.2, 0) is 16.0 Å². The third-order valence-corrected chi connectivity index (χ3v) is 4.36. The second kappa shape index (κ2) is 8.83. The Morgan fingerprint density at radius 2 is 1.71 bits per heavy atom. The van der Waals surface area contributed by atoms with Crippen molar-refractivity contribution in [2.45, 2.75) is 32.7 Å². The fraction of sp³-hybridized carbons (Fsp3) is 0.579. The van der Waals surface area contributed by atoms with Gasteiger partial charge >= 0.3 is 0 Å². The first-order valence-electron chi connectivity index (χ1n) is 8.76. The predicted molar refractivity (Wildman–Crippen MR) is 95.6 cm³/mol. The molecule has 1 heterocycles. The van der Waals surface area contributed by atoms with Crippen molar-refractivity contribution >= 4 is 11.8 Å².